The van der Waals surface area contributed by atoms with Crippen molar-refractivity contribution in [3.8, 4) is 16.9 Å². The van der Waals surface area contributed by atoms with Gasteiger partial charge >= 0.3 is 0 Å². The molecule has 1 fully saturated rings. The molecular formula is C16H16O3. The molecule has 0 unspecified atom stereocenters. The first kappa shape index (κ1) is 12.2. The number of methoxy groups -OCH3 is 1. The lowest BCUT2D eigenvalue weighted by molar-refractivity contribution is -0.0440. The lowest BCUT2D eigenvalue weighted by Gasteiger charge is -2.12. The number of hydrogen-bond donors (Lipinski definition) is 0. The molecule has 0 spiro atoms. The van der Waals surface area contributed by atoms with Gasteiger partial charge in [0, 0.05) is 11.1 Å². The van der Waals surface area contributed by atoms with Crippen LogP contribution in [0.4, 0.5) is 0 Å². The molecule has 0 saturated carbocycles. The van der Waals surface area contributed by atoms with E-state index in [2.05, 4.69) is 12.1 Å². The Bertz CT molecular complexity index is 559. The summed E-state index contributed by atoms with van der Waals surface area (Å²) in [6, 6.07) is 16.2. The molecule has 0 amide bonds. The quantitative estimate of drug-likeness (QED) is 0.842. The number of hydrogen-bond acceptors (Lipinski definition) is 3. The summed E-state index contributed by atoms with van der Waals surface area (Å²) in [6.07, 6.45) is -0.241. The van der Waals surface area contributed by atoms with E-state index in [9.17, 15) is 0 Å². The van der Waals surface area contributed by atoms with Crippen LogP contribution in [0.15, 0.2) is 48.5 Å². The lowest BCUT2D eigenvalue weighted by atomic mass is 10.0. The minimum atomic E-state index is -0.241. The number of benzene rings is 2. The van der Waals surface area contributed by atoms with Crippen molar-refractivity contribution in [1.29, 1.82) is 0 Å². The average molecular weight is 256 g/mol. The minimum absolute atomic E-state index is 0.241. The van der Waals surface area contributed by atoms with E-state index in [1.807, 2.05) is 36.4 Å². The van der Waals surface area contributed by atoms with Gasteiger partial charge in [-0.3, -0.25) is 0 Å². The van der Waals surface area contributed by atoms with Gasteiger partial charge in [0.1, 0.15) is 5.75 Å². The molecule has 1 saturated heterocycles. The Morgan fingerprint density at radius 3 is 2.58 bits per heavy atom. The normalized spacial score (nSPS) is 15.6. The molecule has 0 bridgehead atoms. The highest BCUT2D eigenvalue weighted by molar-refractivity contribution is 5.70. The van der Waals surface area contributed by atoms with Crippen LogP contribution in [0.3, 0.4) is 0 Å². The van der Waals surface area contributed by atoms with E-state index >= 15 is 0 Å². The second-order valence-corrected chi connectivity index (χ2v) is 4.40. The van der Waals surface area contributed by atoms with E-state index in [1.165, 1.54) is 0 Å². The molecule has 1 aliphatic heterocycles. The largest absolute Gasteiger partial charge is 0.496 e. The van der Waals surface area contributed by atoms with Crippen LogP contribution in [0.2, 0.25) is 0 Å². The SMILES string of the molecule is COc1ccccc1-c1cccc(C2OCCO2)c1. The Morgan fingerprint density at radius 1 is 1.00 bits per heavy atom. The number of rotatable bonds is 3. The number of ether oxygens (including phenoxy) is 3. The molecule has 98 valence electrons. The molecule has 2 aromatic carbocycles. The van der Waals surface area contributed by atoms with Crippen molar-refractivity contribution in [2.75, 3.05) is 20.3 Å². The summed E-state index contributed by atoms with van der Waals surface area (Å²) in [7, 11) is 1.69. The highest BCUT2D eigenvalue weighted by atomic mass is 16.7. The van der Waals surface area contributed by atoms with Crippen LogP contribution in [0, 0.1) is 0 Å². The molecule has 3 rings (SSSR count). The highest BCUT2D eigenvalue weighted by Gasteiger charge is 2.18. The van der Waals surface area contributed by atoms with Gasteiger partial charge in [-0.05, 0) is 17.7 Å². The predicted octanol–water partition coefficient (Wildman–Crippen LogP) is 3.41. The van der Waals surface area contributed by atoms with E-state index in [4.69, 9.17) is 14.2 Å². The third-order valence-electron chi connectivity index (χ3n) is 3.20. The van der Waals surface area contributed by atoms with Gasteiger partial charge in [0.15, 0.2) is 6.29 Å². The molecule has 0 aliphatic carbocycles. The van der Waals surface area contributed by atoms with Crippen LogP contribution in [-0.2, 0) is 9.47 Å². The first-order valence-corrected chi connectivity index (χ1v) is 6.35. The molecule has 3 nitrogen and oxygen atoms in total. The zero-order chi connectivity index (χ0) is 13.1. The van der Waals surface area contributed by atoms with Crippen molar-refractivity contribution in [3.63, 3.8) is 0 Å². The third-order valence-corrected chi connectivity index (χ3v) is 3.20. The molecule has 3 heteroatoms. The molecule has 0 radical (unpaired) electrons. The van der Waals surface area contributed by atoms with E-state index in [-0.39, 0.29) is 6.29 Å². The van der Waals surface area contributed by atoms with Gasteiger partial charge in [0.05, 0.1) is 20.3 Å². The van der Waals surface area contributed by atoms with Crippen molar-refractivity contribution in [1.82, 2.24) is 0 Å². The first-order chi connectivity index (χ1) is 9.38. The standard InChI is InChI=1S/C16H16O3/c1-17-15-8-3-2-7-14(15)12-5-4-6-13(11-12)16-18-9-10-19-16/h2-8,11,16H,9-10H2,1H3. The zero-order valence-electron chi connectivity index (χ0n) is 10.8. The Labute approximate surface area is 112 Å². The van der Waals surface area contributed by atoms with Gasteiger partial charge in [-0.1, -0.05) is 36.4 Å². The van der Waals surface area contributed by atoms with Crippen LogP contribution in [0.5, 0.6) is 5.75 Å². The summed E-state index contributed by atoms with van der Waals surface area (Å²) < 4.78 is 16.5. The van der Waals surface area contributed by atoms with Gasteiger partial charge < -0.3 is 14.2 Å². The molecular weight excluding hydrogens is 240 g/mol. The summed E-state index contributed by atoms with van der Waals surface area (Å²) in [5.74, 6) is 0.868. The van der Waals surface area contributed by atoms with Gasteiger partial charge in [0.2, 0.25) is 0 Å². The maximum Gasteiger partial charge on any atom is 0.184 e. The number of para-hydroxylation sites is 1. The molecule has 1 heterocycles. The van der Waals surface area contributed by atoms with E-state index in [0.29, 0.717) is 13.2 Å². The monoisotopic (exact) mass is 256 g/mol. The van der Waals surface area contributed by atoms with Gasteiger partial charge in [0.25, 0.3) is 0 Å². The Hall–Kier alpha value is -1.84. The van der Waals surface area contributed by atoms with Gasteiger partial charge in [-0.2, -0.15) is 0 Å². The summed E-state index contributed by atoms with van der Waals surface area (Å²) in [5, 5.41) is 0. The fourth-order valence-corrected chi connectivity index (χ4v) is 2.29. The topological polar surface area (TPSA) is 27.7 Å². The Balaban J connectivity index is 1.98. The lowest BCUT2D eigenvalue weighted by Crippen LogP contribution is -1.98. The van der Waals surface area contributed by atoms with Crippen molar-refractivity contribution in [3.05, 3.63) is 54.1 Å². The molecule has 19 heavy (non-hydrogen) atoms. The molecule has 0 N–H and O–H groups in total. The van der Waals surface area contributed by atoms with Crippen LogP contribution in [0.1, 0.15) is 11.9 Å². The first-order valence-electron chi connectivity index (χ1n) is 6.35. The maximum atomic E-state index is 5.53. The van der Waals surface area contributed by atoms with Crippen LogP contribution in [0.25, 0.3) is 11.1 Å². The summed E-state index contributed by atoms with van der Waals surface area (Å²) >= 11 is 0. The highest BCUT2D eigenvalue weighted by Crippen LogP contribution is 2.32. The van der Waals surface area contributed by atoms with Crippen LogP contribution in [-0.4, -0.2) is 20.3 Å². The second-order valence-electron chi connectivity index (χ2n) is 4.40. The second kappa shape index (κ2) is 5.43. The van der Waals surface area contributed by atoms with Crippen molar-refractivity contribution in [2.24, 2.45) is 0 Å². The minimum Gasteiger partial charge on any atom is -0.496 e. The molecule has 0 aromatic heterocycles. The van der Waals surface area contributed by atoms with Crippen molar-refractivity contribution >= 4 is 0 Å². The van der Waals surface area contributed by atoms with Crippen molar-refractivity contribution < 1.29 is 14.2 Å². The molecule has 2 aromatic rings. The Morgan fingerprint density at radius 2 is 1.79 bits per heavy atom. The average Bonchev–Trinajstić information content (AvgIpc) is 3.01. The van der Waals surface area contributed by atoms with Gasteiger partial charge in [-0.15, -0.1) is 0 Å². The Kier molecular flexibility index (Phi) is 3.49. The van der Waals surface area contributed by atoms with E-state index in [0.717, 1.165) is 22.4 Å². The van der Waals surface area contributed by atoms with Crippen LogP contribution >= 0.6 is 0 Å². The summed E-state index contributed by atoms with van der Waals surface area (Å²) in [6.45, 7) is 1.31. The smallest absolute Gasteiger partial charge is 0.184 e. The van der Waals surface area contributed by atoms with Gasteiger partial charge in [-0.25, -0.2) is 0 Å². The van der Waals surface area contributed by atoms with Crippen LogP contribution < -0.4 is 4.74 Å². The fraction of sp³-hybridized carbons (Fsp3) is 0.250. The molecule has 0 atom stereocenters. The summed E-state index contributed by atoms with van der Waals surface area (Å²) in [5.41, 5.74) is 3.22. The third kappa shape index (κ3) is 2.48. The van der Waals surface area contributed by atoms with E-state index < -0.39 is 0 Å². The molecule has 1 aliphatic rings. The van der Waals surface area contributed by atoms with Crippen molar-refractivity contribution in [2.45, 2.75) is 6.29 Å². The zero-order valence-corrected chi connectivity index (χ0v) is 10.8. The fourth-order valence-electron chi connectivity index (χ4n) is 2.29. The summed E-state index contributed by atoms with van der Waals surface area (Å²) in [4.78, 5) is 0. The van der Waals surface area contributed by atoms with E-state index in [1.54, 1.807) is 7.11 Å². The predicted molar refractivity (Wildman–Crippen MR) is 73.1 cm³/mol. The maximum absolute atomic E-state index is 5.53.